The Morgan fingerprint density at radius 1 is 1.02 bits per heavy atom. The molecule has 0 aromatic rings. The van der Waals surface area contributed by atoms with E-state index in [4.69, 9.17) is 13.7 Å². The van der Waals surface area contributed by atoms with Crippen molar-refractivity contribution in [2.75, 3.05) is 6.61 Å². The van der Waals surface area contributed by atoms with Gasteiger partial charge in [-0.05, 0) is 123 Å². The fourth-order valence-corrected chi connectivity index (χ4v) is 11.3. The topological polar surface area (TPSA) is 218 Å². The van der Waals surface area contributed by atoms with Gasteiger partial charge in [-0.2, -0.15) is 8.42 Å². The molecule has 1 aliphatic heterocycles. The van der Waals surface area contributed by atoms with Gasteiger partial charge in [0.15, 0.2) is 6.29 Å². The predicted octanol–water partition coefficient (Wildman–Crippen LogP) is -5.41. The molecule has 15 atom stereocenters. The van der Waals surface area contributed by atoms with Gasteiger partial charge in [0.25, 0.3) is 0 Å². The molecule has 0 bridgehead atoms. The van der Waals surface area contributed by atoms with Crippen LogP contribution in [0.5, 0.6) is 0 Å². The second-order valence-corrected chi connectivity index (χ2v) is 16.3. The van der Waals surface area contributed by atoms with Crippen molar-refractivity contribution in [3.8, 4) is 0 Å². The Hall–Kier alpha value is 0.610. The zero-order valence-electron chi connectivity index (χ0n) is 29.2. The smallest absolute Gasteiger partial charge is 0.862 e. The summed E-state index contributed by atoms with van der Waals surface area (Å²) in [5, 5.41) is 53.8. The van der Waals surface area contributed by atoms with Crippen molar-refractivity contribution in [2.24, 2.45) is 51.3 Å². The number of carboxylic acids is 1. The molecule has 5 rings (SSSR count). The van der Waals surface area contributed by atoms with Crippen LogP contribution >= 0.6 is 0 Å². The van der Waals surface area contributed by atoms with E-state index in [0.717, 1.165) is 32.1 Å². The average Bonchev–Trinajstić information content (AvgIpc) is 3.32. The minimum atomic E-state index is -4.75. The third kappa shape index (κ3) is 8.69. The number of ether oxygens (including phenoxy) is 2. The Balaban J connectivity index is 0.00000312. The molecule has 0 amide bonds. The van der Waals surface area contributed by atoms with Crippen LogP contribution in [0.4, 0.5) is 0 Å². The molecule has 264 valence electrons. The van der Waals surface area contributed by atoms with Crippen LogP contribution in [0.3, 0.4) is 0 Å². The molecule has 0 spiro atoms. The summed E-state index contributed by atoms with van der Waals surface area (Å²) in [6.07, 6.45) is 0.112. The molecule has 1 saturated heterocycles. The van der Waals surface area contributed by atoms with Crippen LogP contribution in [0.1, 0.15) is 91.9 Å². The molecular formula is C32H51NNa2O12S. The van der Waals surface area contributed by atoms with Crippen molar-refractivity contribution >= 4 is 22.3 Å². The molecule has 0 aromatic heterocycles. The number of hydrogen-bond acceptors (Lipinski definition) is 12. The fourth-order valence-electron chi connectivity index (χ4n) is 10.8. The molecule has 4 aliphatic carbocycles. The summed E-state index contributed by atoms with van der Waals surface area (Å²) in [5.41, 5.74) is -0.275. The summed E-state index contributed by atoms with van der Waals surface area (Å²) in [7, 11) is -4.75. The van der Waals surface area contributed by atoms with Crippen molar-refractivity contribution in [3.05, 3.63) is 0 Å². The van der Waals surface area contributed by atoms with Crippen LogP contribution in [0.15, 0.2) is 4.99 Å². The van der Waals surface area contributed by atoms with Crippen molar-refractivity contribution in [3.63, 3.8) is 0 Å². The monoisotopic (exact) mass is 719 g/mol. The van der Waals surface area contributed by atoms with Gasteiger partial charge >= 0.3 is 69.5 Å². The maximum absolute atomic E-state index is 12.2. The van der Waals surface area contributed by atoms with Gasteiger partial charge < -0.3 is 39.8 Å². The maximum atomic E-state index is 12.2. The Morgan fingerprint density at radius 3 is 2.27 bits per heavy atom. The van der Waals surface area contributed by atoms with Gasteiger partial charge in [0.05, 0.1) is 18.8 Å². The maximum Gasteiger partial charge on any atom is 1.00 e. The Kier molecular flexibility index (Phi) is 15.0. The predicted molar refractivity (Wildman–Crippen MR) is 160 cm³/mol. The van der Waals surface area contributed by atoms with E-state index in [-0.39, 0.29) is 106 Å². The Labute approximate surface area is 328 Å². The van der Waals surface area contributed by atoms with Gasteiger partial charge in [-0.3, -0.25) is 9.55 Å². The van der Waals surface area contributed by atoms with Gasteiger partial charge in [0.1, 0.15) is 24.4 Å². The van der Waals surface area contributed by atoms with Gasteiger partial charge in [0, 0.05) is 5.97 Å². The number of aliphatic carboxylic acids is 1. The first-order valence-electron chi connectivity index (χ1n) is 16.8. The van der Waals surface area contributed by atoms with E-state index in [2.05, 4.69) is 25.8 Å². The molecule has 1 heterocycles. The van der Waals surface area contributed by atoms with Crippen LogP contribution in [0.2, 0.25) is 0 Å². The van der Waals surface area contributed by atoms with Crippen molar-refractivity contribution in [1.82, 2.24) is 0 Å². The molecule has 16 heteroatoms. The van der Waals surface area contributed by atoms with Crippen molar-refractivity contribution < 1.29 is 116 Å². The zero-order chi connectivity index (χ0) is 33.8. The number of carbonyl (C=O) groups is 1. The van der Waals surface area contributed by atoms with Crippen LogP contribution in [-0.2, 0) is 28.9 Å². The van der Waals surface area contributed by atoms with Gasteiger partial charge in [0.2, 0.25) is 0 Å². The molecule has 0 aromatic carbocycles. The van der Waals surface area contributed by atoms with Crippen molar-refractivity contribution in [2.45, 2.75) is 135 Å². The molecule has 5 fully saturated rings. The minimum absolute atomic E-state index is 0. The molecule has 0 radical (unpaired) electrons. The van der Waals surface area contributed by atoms with Gasteiger partial charge in [-0.1, -0.05) is 20.8 Å². The number of carboxylic acid groups (broad SMARTS) is 1. The molecule has 13 nitrogen and oxygen atoms in total. The number of fused-ring (bicyclic) bond motifs is 5. The zero-order valence-corrected chi connectivity index (χ0v) is 34.0. The molecule has 0 unspecified atom stereocenters. The van der Waals surface area contributed by atoms with Crippen LogP contribution in [0.25, 0.3) is 0 Å². The van der Waals surface area contributed by atoms with Gasteiger partial charge in [-0.25, -0.2) is 4.18 Å². The summed E-state index contributed by atoms with van der Waals surface area (Å²) >= 11 is 0. The van der Waals surface area contributed by atoms with Crippen LogP contribution < -0.4 is 69.3 Å². The number of aliphatic hydroxyl groups excluding tert-OH is 3. The summed E-state index contributed by atoms with van der Waals surface area (Å²) in [6.45, 7) is 7.29. The minimum Gasteiger partial charge on any atom is -0.862 e. The second-order valence-electron chi connectivity index (χ2n) is 15.3. The number of nitrogens with zero attached hydrogens (tertiary/aromatic N) is 1. The normalized spacial score (nSPS) is 45.0. The van der Waals surface area contributed by atoms with E-state index in [1.807, 2.05) is 0 Å². The molecule has 48 heavy (non-hydrogen) atoms. The summed E-state index contributed by atoms with van der Waals surface area (Å²) in [4.78, 5) is 15.1. The van der Waals surface area contributed by atoms with Crippen molar-refractivity contribution in [1.29, 1.82) is 0 Å². The summed E-state index contributed by atoms with van der Waals surface area (Å²) in [6, 6.07) is -1.18. The van der Waals surface area contributed by atoms with E-state index in [9.17, 15) is 43.3 Å². The SMILES string of the molecule is CC([O-])=N[C@H]1[C@H](O[C@@H]2CC[C@@]3(C)[C@@H](C2)C[C@H](OS(=O)(=O)O)[C@@H]2[C@@H]3CC[C@]3(C)[C@@H]([C@H](C)CCC(=O)[O-])CC[C@@H]23)O[C@H](CO)[C@@H](O)[C@@H]1O.[Na+].[Na+]. The van der Waals surface area contributed by atoms with Gasteiger partial charge in [-0.15, -0.1) is 0 Å². The number of aliphatic hydroxyl groups is 3. The van der Waals surface area contributed by atoms with Crippen LogP contribution in [0, 0.1) is 46.3 Å². The fraction of sp³-hybridized carbons (Fsp3) is 0.938. The first-order valence-corrected chi connectivity index (χ1v) is 18.2. The Bertz CT molecular complexity index is 1260. The molecule has 4 saturated carbocycles. The van der Waals surface area contributed by atoms with E-state index >= 15 is 0 Å². The van der Waals surface area contributed by atoms with E-state index in [1.54, 1.807) is 0 Å². The first kappa shape index (κ1) is 43.0. The first-order chi connectivity index (χ1) is 21.5. The molecule has 5 aliphatic rings. The number of carbonyl (C=O) groups excluding carboxylic acids is 1. The second kappa shape index (κ2) is 16.7. The van der Waals surface area contributed by atoms with E-state index in [0.29, 0.717) is 31.6 Å². The number of rotatable bonds is 10. The largest absolute Gasteiger partial charge is 1.00 e. The summed E-state index contributed by atoms with van der Waals surface area (Å²) < 4.78 is 51.9. The summed E-state index contributed by atoms with van der Waals surface area (Å²) in [5.74, 6) is -0.982. The quantitative estimate of drug-likeness (QED) is 0.0547. The standard InChI is InChI=1S/C32H53NO12S.2Na/c1-16(5-8-25(36)37)20-6-7-21-26-22(10-12-32(20,21)4)31(3)11-9-19(13-18(31)14-23(26)45-46(40,41)42)43-30-27(33-17(2)35)29(39)28(38)24(15-34)44-30;;/h16,18-24,26-30,34,38-39H,5-15H2,1-4H3,(H,33,35)(H,36,37)(H,40,41,42);;/q;2*+1/p-2/t16-,18+,19-,20-,21+,22+,23+,24-,26+,27-,28-,29-,30-,31+,32-;;/m1../s1. The number of aliphatic imine (C=N–C) groups is 1. The third-order valence-corrected chi connectivity index (χ3v) is 13.4. The molecule has 4 N–H and O–H groups in total. The molecular weight excluding hydrogens is 668 g/mol. The Morgan fingerprint density at radius 2 is 1.67 bits per heavy atom. The van der Waals surface area contributed by atoms with E-state index < -0.39 is 71.7 Å². The average molecular weight is 720 g/mol. The van der Waals surface area contributed by atoms with E-state index in [1.165, 1.54) is 6.92 Å². The van der Waals surface area contributed by atoms with Crippen LogP contribution in [-0.4, -0.2) is 89.6 Å². The number of hydrogen-bond donors (Lipinski definition) is 4. The third-order valence-electron chi connectivity index (χ3n) is 12.9.